The summed E-state index contributed by atoms with van der Waals surface area (Å²) in [6.45, 7) is 4.98. The van der Waals surface area contributed by atoms with Crippen LogP contribution in [0.5, 0.6) is 0 Å². The Hall–Kier alpha value is -3.65. The van der Waals surface area contributed by atoms with Gasteiger partial charge in [-0.25, -0.2) is 18.3 Å². The number of carbonyl (C=O) groups is 2. The predicted molar refractivity (Wildman–Crippen MR) is 144 cm³/mol. The molecule has 2 aliphatic carbocycles. The fourth-order valence-corrected chi connectivity index (χ4v) is 5.27. The van der Waals surface area contributed by atoms with Crippen LogP contribution in [0.4, 0.5) is 22.0 Å². The Morgan fingerprint density at radius 2 is 1.67 bits per heavy atom. The largest absolute Gasteiger partial charge is 0.390 e. The quantitative estimate of drug-likeness (QED) is 0.322. The molecule has 0 saturated heterocycles. The summed E-state index contributed by atoms with van der Waals surface area (Å²) in [5.41, 5.74) is 0.885. The molecule has 2 N–H and O–H groups in total. The number of nitrogens with zero attached hydrogens (tertiary/aromatic N) is 6. The number of hydrogen-bond donors (Lipinski definition) is 2. The molecule has 3 aromatic rings. The number of nitrogens with one attached hydrogen (secondary N) is 2. The third-order valence-electron chi connectivity index (χ3n) is 7.98. The van der Waals surface area contributed by atoms with E-state index >= 15 is 0 Å². The van der Waals surface area contributed by atoms with E-state index in [2.05, 4.69) is 25.9 Å². The molecule has 5 rings (SSSR count). The normalized spacial score (nSPS) is 19.3. The maximum atomic E-state index is 14.0. The van der Waals surface area contributed by atoms with Gasteiger partial charge >= 0.3 is 6.18 Å². The second-order valence-corrected chi connectivity index (χ2v) is 12.6. The maximum absolute atomic E-state index is 14.0. The van der Waals surface area contributed by atoms with Crippen molar-refractivity contribution in [3.63, 3.8) is 0 Å². The standard InChI is InChI=1S/C28H35F5N8O2/c1-26(2,3)25(43)38-22(16-4-5-16)18-12-21-36-20(15-40(21)34-13-18)23(17-6-8-27(29,30)9-7-17)37-24(42)19-14-35-41(39-19)11-10-28(31,32)33/h12-17,22-23H,4-11H2,1-3H3,(H,37,42)(H,38,43)/t22?,23-/m0/s1. The molecule has 2 amide bonds. The van der Waals surface area contributed by atoms with Crippen molar-refractivity contribution in [3.8, 4) is 0 Å². The summed E-state index contributed by atoms with van der Waals surface area (Å²) in [6, 6.07) is 0.803. The molecule has 1 unspecified atom stereocenters. The van der Waals surface area contributed by atoms with Crippen LogP contribution in [0.1, 0.15) is 99.5 Å². The van der Waals surface area contributed by atoms with E-state index < -0.39 is 42.4 Å². The van der Waals surface area contributed by atoms with E-state index in [-0.39, 0.29) is 55.2 Å². The first-order valence-electron chi connectivity index (χ1n) is 14.4. The summed E-state index contributed by atoms with van der Waals surface area (Å²) in [5.74, 6) is -3.67. The fourth-order valence-electron chi connectivity index (χ4n) is 5.27. The monoisotopic (exact) mass is 610 g/mol. The molecule has 2 aliphatic rings. The van der Waals surface area contributed by atoms with Gasteiger partial charge in [0.15, 0.2) is 11.3 Å². The van der Waals surface area contributed by atoms with Gasteiger partial charge in [0.1, 0.15) is 0 Å². The summed E-state index contributed by atoms with van der Waals surface area (Å²) < 4.78 is 67.3. The van der Waals surface area contributed by atoms with Crippen LogP contribution in [0.3, 0.4) is 0 Å². The van der Waals surface area contributed by atoms with Crippen molar-refractivity contribution < 1.29 is 31.5 Å². The van der Waals surface area contributed by atoms with Crippen molar-refractivity contribution in [2.45, 2.75) is 96.4 Å². The molecule has 3 heterocycles. The zero-order valence-electron chi connectivity index (χ0n) is 24.2. The molecule has 0 aliphatic heterocycles. The highest BCUT2D eigenvalue weighted by Crippen LogP contribution is 2.43. The highest BCUT2D eigenvalue weighted by Gasteiger charge is 2.40. The van der Waals surface area contributed by atoms with Crippen LogP contribution in [0.25, 0.3) is 5.65 Å². The molecular formula is C28H35F5N8O2. The van der Waals surface area contributed by atoms with Crippen molar-refractivity contribution in [2.75, 3.05) is 0 Å². The number of aryl methyl sites for hydroxylation is 1. The van der Waals surface area contributed by atoms with Gasteiger partial charge in [0.2, 0.25) is 11.8 Å². The minimum absolute atomic E-state index is 0.0829. The second kappa shape index (κ2) is 11.5. The topological polar surface area (TPSA) is 119 Å². The Bertz CT molecular complexity index is 1460. The highest BCUT2D eigenvalue weighted by molar-refractivity contribution is 5.92. The van der Waals surface area contributed by atoms with Crippen LogP contribution in [-0.2, 0) is 11.3 Å². The van der Waals surface area contributed by atoms with Crippen LogP contribution >= 0.6 is 0 Å². The van der Waals surface area contributed by atoms with E-state index in [1.807, 2.05) is 26.8 Å². The lowest BCUT2D eigenvalue weighted by Gasteiger charge is -2.33. The zero-order valence-corrected chi connectivity index (χ0v) is 24.2. The molecular weight excluding hydrogens is 575 g/mol. The van der Waals surface area contributed by atoms with E-state index in [4.69, 9.17) is 4.98 Å². The molecule has 3 aromatic heterocycles. The molecule has 2 atom stereocenters. The SMILES string of the molecule is CC(C)(C)C(=O)NC(c1cnn2cc([C@@H](NC(=O)c3cnn(CCC(F)(F)F)n3)C3CCC(F)(F)CC3)nc2c1)C1CC1. The zero-order chi connectivity index (χ0) is 31.2. The predicted octanol–water partition coefficient (Wildman–Crippen LogP) is 5.18. The molecule has 2 saturated carbocycles. The first-order valence-corrected chi connectivity index (χ1v) is 14.4. The average molecular weight is 611 g/mol. The van der Waals surface area contributed by atoms with Gasteiger partial charge in [-0.15, -0.1) is 5.10 Å². The number of fused-ring (bicyclic) bond motifs is 1. The number of aromatic nitrogens is 6. The third-order valence-corrected chi connectivity index (χ3v) is 7.98. The summed E-state index contributed by atoms with van der Waals surface area (Å²) in [4.78, 5) is 31.4. The number of halogens is 5. The minimum Gasteiger partial charge on any atom is -0.349 e. The van der Waals surface area contributed by atoms with E-state index in [1.165, 1.54) is 4.52 Å². The highest BCUT2D eigenvalue weighted by atomic mass is 19.4. The minimum atomic E-state index is -4.40. The number of rotatable bonds is 9. The van der Waals surface area contributed by atoms with E-state index in [9.17, 15) is 31.5 Å². The number of imidazole rings is 1. The molecule has 0 radical (unpaired) electrons. The number of hydrogen-bond acceptors (Lipinski definition) is 6. The molecule has 10 nitrogen and oxygen atoms in total. The summed E-state index contributed by atoms with van der Waals surface area (Å²) >= 11 is 0. The van der Waals surface area contributed by atoms with Crippen LogP contribution < -0.4 is 10.6 Å². The Balaban J connectivity index is 1.39. The van der Waals surface area contributed by atoms with Gasteiger partial charge in [0.05, 0.1) is 49.3 Å². The van der Waals surface area contributed by atoms with Crippen molar-refractivity contribution >= 4 is 17.5 Å². The Morgan fingerprint density at radius 3 is 2.30 bits per heavy atom. The molecule has 0 aromatic carbocycles. The van der Waals surface area contributed by atoms with Crippen LogP contribution in [0, 0.1) is 17.3 Å². The molecule has 0 spiro atoms. The first-order chi connectivity index (χ1) is 20.1. The Morgan fingerprint density at radius 1 is 1.00 bits per heavy atom. The lowest BCUT2D eigenvalue weighted by atomic mass is 9.81. The maximum Gasteiger partial charge on any atom is 0.390 e. The molecule has 0 bridgehead atoms. The summed E-state index contributed by atoms with van der Waals surface area (Å²) in [6.07, 6.45) is 0.318. The van der Waals surface area contributed by atoms with Gasteiger partial charge in [0, 0.05) is 18.3 Å². The van der Waals surface area contributed by atoms with Crippen molar-refractivity contribution in [3.05, 3.63) is 41.6 Å². The van der Waals surface area contributed by atoms with Crippen molar-refractivity contribution in [1.82, 2.24) is 40.2 Å². The van der Waals surface area contributed by atoms with Gasteiger partial charge in [-0.1, -0.05) is 20.8 Å². The Labute approximate surface area is 244 Å². The van der Waals surface area contributed by atoms with Gasteiger partial charge in [-0.3, -0.25) is 9.59 Å². The molecule has 234 valence electrons. The lowest BCUT2D eigenvalue weighted by molar-refractivity contribution is -0.137. The second-order valence-electron chi connectivity index (χ2n) is 12.6. The number of amides is 2. The van der Waals surface area contributed by atoms with Crippen molar-refractivity contribution in [2.24, 2.45) is 17.3 Å². The van der Waals surface area contributed by atoms with E-state index in [0.29, 0.717) is 11.3 Å². The fraction of sp³-hybridized carbons (Fsp3) is 0.643. The molecule has 43 heavy (non-hydrogen) atoms. The van der Waals surface area contributed by atoms with Gasteiger partial charge in [-0.05, 0) is 49.1 Å². The van der Waals surface area contributed by atoms with Crippen molar-refractivity contribution in [1.29, 1.82) is 0 Å². The van der Waals surface area contributed by atoms with Gasteiger partial charge < -0.3 is 10.6 Å². The first kappa shape index (κ1) is 30.8. The summed E-state index contributed by atoms with van der Waals surface area (Å²) in [5, 5.41) is 18.1. The summed E-state index contributed by atoms with van der Waals surface area (Å²) in [7, 11) is 0. The molecule has 15 heteroatoms. The molecule has 2 fully saturated rings. The number of alkyl halides is 5. The van der Waals surface area contributed by atoms with Gasteiger partial charge in [-0.2, -0.15) is 28.2 Å². The smallest absolute Gasteiger partial charge is 0.349 e. The van der Waals surface area contributed by atoms with Gasteiger partial charge in [0.25, 0.3) is 5.91 Å². The number of carbonyl (C=O) groups excluding carboxylic acids is 2. The average Bonchev–Trinajstić information content (AvgIpc) is 3.48. The van der Waals surface area contributed by atoms with Crippen LogP contribution in [-0.4, -0.2) is 53.5 Å². The third kappa shape index (κ3) is 7.66. The van der Waals surface area contributed by atoms with E-state index in [1.54, 1.807) is 12.4 Å². The van der Waals surface area contributed by atoms with Crippen LogP contribution in [0.2, 0.25) is 0 Å². The lowest BCUT2D eigenvalue weighted by Crippen LogP contribution is -2.38. The van der Waals surface area contributed by atoms with E-state index in [0.717, 1.165) is 29.4 Å². The van der Waals surface area contributed by atoms with Crippen LogP contribution in [0.15, 0.2) is 24.7 Å². The Kier molecular flexibility index (Phi) is 8.20.